The van der Waals surface area contributed by atoms with E-state index < -0.39 is 52.5 Å². The van der Waals surface area contributed by atoms with E-state index in [4.69, 9.17) is 14.2 Å². The number of esters is 2. The van der Waals surface area contributed by atoms with E-state index in [1.165, 1.54) is 19.9 Å². The zero-order chi connectivity index (χ0) is 24.0. The standard InChI is InChI=1S/C25H31FO7/c1-13(27)31-12-20(30)24(32-14(2)28)8-6-16-17-10-19(26)18-9-15(29)5-7-22(18,3)25(17)21(33-25)11-23(16,24)4/h9,16-17,19,21H,5-8,10-12H2,1-4H3/t16?,17?,19-,21?,22-,23-,24-,25?/m0/s1. The molecule has 0 aromatic carbocycles. The first-order valence-electron chi connectivity index (χ1n) is 11.8. The van der Waals surface area contributed by atoms with Gasteiger partial charge in [-0.1, -0.05) is 13.8 Å². The number of hydrogen-bond acceptors (Lipinski definition) is 7. The maximum absolute atomic E-state index is 15.6. The van der Waals surface area contributed by atoms with Crippen molar-refractivity contribution in [3.8, 4) is 0 Å². The van der Waals surface area contributed by atoms with Gasteiger partial charge in [0.05, 0.1) is 6.10 Å². The van der Waals surface area contributed by atoms with Crippen LogP contribution in [-0.2, 0) is 33.4 Å². The van der Waals surface area contributed by atoms with Crippen LogP contribution in [0.1, 0.15) is 66.2 Å². The quantitative estimate of drug-likeness (QED) is 0.468. The Morgan fingerprint density at radius 3 is 2.55 bits per heavy atom. The normalized spacial score (nSPS) is 47.3. The first kappa shape index (κ1) is 22.7. The SMILES string of the molecule is CC(=O)OCC(=O)[C@@]1(OC(C)=O)CCC2C3C[C@H](F)C4=CC(=O)CC[C@]4(C)C34OC4C[C@@]21C. The topological polar surface area (TPSA) is 99.3 Å². The molecule has 1 spiro atoms. The van der Waals surface area contributed by atoms with Crippen molar-refractivity contribution in [2.75, 3.05) is 6.61 Å². The van der Waals surface area contributed by atoms with Gasteiger partial charge in [0, 0.05) is 31.1 Å². The summed E-state index contributed by atoms with van der Waals surface area (Å²) in [6.45, 7) is 5.99. The van der Waals surface area contributed by atoms with Gasteiger partial charge >= 0.3 is 11.9 Å². The maximum Gasteiger partial charge on any atom is 0.303 e. The highest BCUT2D eigenvalue weighted by molar-refractivity contribution is 5.93. The fourth-order valence-electron chi connectivity index (χ4n) is 8.20. The van der Waals surface area contributed by atoms with E-state index in [-0.39, 0.29) is 30.1 Å². The molecule has 4 fully saturated rings. The second-order valence-corrected chi connectivity index (χ2v) is 11.0. The number of alkyl halides is 1. The van der Waals surface area contributed by atoms with Gasteiger partial charge in [-0.3, -0.25) is 19.2 Å². The average Bonchev–Trinajstić information content (AvgIpc) is 3.38. The summed E-state index contributed by atoms with van der Waals surface area (Å²) < 4.78 is 32.8. The number of carbonyl (C=O) groups excluding carboxylic acids is 4. The van der Waals surface area contributed by atoms with Gasteiger partial charge < -0.3 is 14.2 Å². The van der Waals surface area contributed by atoms with Crippen LogP contribution in [0.5, 0.6) is 0 Å². The monoisotopic (exact) mass is 462 g/mol. The van der Waals surface area contributed by atoms with E-state index in [1.807, 2.05) is 13.8 Å². The van der Waals surface area contributed by atoms with Crippen LogP contribution in [0.3, 0.4) is 0 Å². The number of ketones is 2. The molecular weight excluding hydrogens is 431 g/mol. The van der Waals surface area contributed by atoms with Crippen molar-refractivity contribution >= 4 is 23.5 Å². The minimum atomic E-state index is -1.44. The molecule has 0 aromatic rings. The molecule has 0 amide bonds. The number of epoxide rings is 1. The summed E-state index contributed by atoms with van der Waals surface area (Å²) in [4.78, 5) is 49.0. The Bertz CT molecular complexity index is 989. The summed E-state index contributed by atoms with van der Waals surface area (Å²) in [6, 6.07) is 0. The van der Waals surface area contributed by atoms with Crippen LogP contribution < -0.4 is 0 Å². The fourth-order valence-corrected chi connectivity index (χ4v) is 8.20. The van der Waals surface area contributed by atoms with E-state index in [9.17, 15) is 19.2 Å². The summed E-state index contributed by atoms with van der Waals surface area (Å²) in [5.74, 6) is -1.90. The molecule has 180 valence electrons. The van der Waals surface area contributed by atoms with E-state index in [2.05, 4.69) is 0 Å². The van der Waals surface area contributed by atoms with Crippen LogP contribution in [0.15, 0.2) is 11.6 Å². The minimum Gasteiger partial charge on any atom is -0.458 e. The highest BCUT2D eigenvalue weighted by Crippen LogP contribution is 2.77. The summed E-state index contributed by atoms with van der Waals surface area (Å²) in [7, 11) is 0. The molecule has 5 rings (SSSR count). The van der Waals surface area contributed by atoms with Gasteiger partial charge in [-0.15, -0.1) is 0 Å². The molecule has 8 atom stereocenters. The Balaban J connectivity index is 1.55. The lowest BCUT2D eigenvalue weighted by Gasteiger charge is -2.57. The van der Waals surface area contributed by atoms with Gasteiger partial charge in [-0.05, 0) is 55.6 Å². The van der Waals surface area contributed by atoms with Crippen molar-refractivity contribution in [1.29, 1.82) is 0 Å². The van der Waals surface area contributed by atoms with Crippen LogP contribution in [0.2, 0.25) is 0 Å². The average molecular weight is 463 g/mol. The molecule has 4 unspecified atom stereocenters. The van der Waals surface area contributed by atoms with Crippen LogP contribution in [0.25, 0.3) is 0 Å². The van der Waals surface area contributed by atoms with Crippen molar-refractivity contribution in [1.82, 2.24) is 0 Å². The molecular formula is C25H31FO7. The van der Waals surface area contributed by atoms with Crippen molar-refractivity contribution in [3.05, 3.63) is 11.6 Å². The third kappa shape index (κ3) is 2.76. The van der Waals surface area contributed by atoms with Gasteiger partial charge in [0.25, 0.3) is 0 Å². The van der Waals surface area contributed by atoms with Crippen LogP contribution >= 0.6 is 0 Å². The fraction of sp³-hybridized carbons (Fsp3) is 0.760. The van der Waals surface area contributed by atoms with Crippen LogP contribution in [-0.4, -0.2) is 53.6 Å². The first-order chi connectivity index (χ1) is 15.4. The lowest BCUT2D eigenvalue weighted by molar-refractivity contribution is -0.188. The van der Waals surface area contributed by atoms with Crippen molar-refractivity contribution in [2.24, 2.45) is 22.7 Å². The van der Waals surface area contributed by atoms with Crippen LogP contribution in [0, 0.1) is 22.7 Å². The summed E-state index contributed by atoms with van der Waals surface area (Å²) in [6.07, 6.45) is 2.55. The maximum atomic E-state index is 15.6. The largest absolute Gasteiger partial charge is 0.458 e. The molecule has 0 aromatic heterocycles. The summed E-state index contributed by atoms with van der Waals surface area (Å²) >= 11 is 0. The number of rotatable bonds is 4. The Morgan fingerprint density at radius 1 is 1.15 bits per heavy atom. The van der Waals surface area contributed by atoms with E-state index >= 15 is 4.39 Å². The molecule has 8 heteroatoms. The minimum absolute atomic E-state index is 0.0383. The molecule has 0 bridgehead atoms. The molecule has 3 saturated carbocycles. The Morgan fingerprint density at radius 2 is 1.88 bits per heavy atom. The van der Waals surface area contributed by atoms with Gasteiger partial charge in [-0.25, -0.2) is 4.39 Å². The third-order valence-electron chi connectivity index (χ3n) is 9.61. The molecule has 1 heterocycles. The zero-order valence-electron chi connectivity index (χ0n) is 19.6. The lowest BCUT2D eigenvalue weighted by atomic mass is 9.45. The molecule has 0 radical (unpaired) electrons. The van der Waals surface area contributed by atoms with Crippen molar-refractivity contribution < 1.29 is 37.8 Å². The summed E-state index contributed by atoms with van der Waals surface area (Å²) in [5.41, 5.74) is -2.78. The van der Waals surface area contributed by atoms with E-state index in [0.717, 1.165) is 0 Å². The number of hydrogen-bond donors (Lipinski definition) is 0. The highest BCUT2D eigenvalue weighted by atomic mass is 19.1. The Labute approximate surface area is 192 Å². The number of carbonyl (C=O) groups is 4. The second kappa shape index (κ2) is 6.96. The predicted molar refractivity (Wildman–Crippen MR) is 113 cm³/mol. The first-order valence-corrected chi connectivity index (χ1v) is 11.8. The number of halogens is 1. The molecule has 0 N–H and O–H groups in total. The van der Waals surface area contributed by atoms with Crippen LogP contribution in [0.4, 0.5) is 4.39 Å². The molecule has 7 nitrogen and oxygen atoms in total. The van der Waals surface area contributed by atoms with Gasteiger partial charge in [0.15, 0.2) is 18.0 Å². The van der Waals surface area contributed by atoms with Crippen molar-refractivity contribution in [3.63, 3.8) is 0 Å². The van der Waals surface area contributed by atoms with E-state index in [1.54, 1.807) is 0 Å². The highest BCUT2D eigenvalue weighted by Gasteiger charge is 2.83. The van der Waals surface area contributed by atoms with Gasteiger partial charge in [0.1, 0.15) is 11.8 Å². The number of fused-ring (bicyclic) bond motifs is 3. The third-order valence-corrected chi connectivity index (χ3v) is 9.61. The Hall–Kier alpha value is -2.09. The van der Waals surface area contributed by atoms with Gasteiger partial charge in [-0.2, -0.15) is 0 Å². The summed E-state index contributed by atoms with van der Waals surface area (Å²) in [5, 5.41) is 0. The molecule has 1 saturated heterocycles. The molecule has 5 aliphatic rings. The lowest BCUT2D eigenvalue weighted by Crippen LogP contribution is -2.64. The van der Waals surface area contributed by atoms with Gasteiger partial charge in [0.2, 0.25) is 5.78 Å². The number of ether oxygens (including phenoxy) is 3. The smallest absolute Gasteiger partial charge is 0.303 e. The van der Waals surface area contributed by atoms with Crippen molar-refractivity contribution in [2.45, 2.75) is 89.7 Å². The molecule has 4 aliphatic carbocycles. The molecule has 33 heavy (non-hydrogen) atoms. The predicted octanol–water partition coefficient (Wildman–Crippen LogP) is 3.03. The molecule has 1 aliphatic heterocycles. The number of Topliss-reactive ketones (excluding diaryl/α,β-unsaturated/α-hetero) is 1. The zero-order valence-corrected chi connectivity index (χ0v) is 19.6. The Kier molecular flexibility index (Phi) is 4.79. The second-order valence-electron chi connectivity index (χ2n) is 11.0. The van der Waals surface area contributed by atoms with E-state index in [0.29, 0.717) is 37.7 Å².